The van der Waals surface area contributed by atoms with Crippen molar-refractivity contribution >= 4 is 17.5 Å². The van der Waals surface area contributed by atoms with E-state index in [0.29, 0.717) is 5.41 Å². The molecule has 2 N–H and O–H groups in total. The van der Waals surface area contributed by atoms with Crippen molar-refractivity contribution in [3.05, 3.63) is 34.9 Å². The maximum absolute atomic E-state index is 12.7. The van der Waals surface area contributed by atoms with Crippen LogP contribution >= 0.6 is 11.6 Å². The molecule has 1 aromatic carbocycles. The fourth-order valence-corrected chi connectivity index (χ4v) is 5.12. The lowest BCUT2D eigenvalue weighted by Crippen LogP contribution is -2.41. The Bertz CT molecular complexity index is 601. The zero-order chi connectivity index (χ0) is 16.6. The summed E-state index contributed by atoms with van der Waals surface area (Å²) in [5.74, 6) is 0.542. The summed E-state index contributed by atoms with van der Waals surface area (Å²) < 4.78 is 0. The zero-order valence-corrected chi connectivity index (χ0v) is 15.0. The maximum Gasteiger partial charge on any atom is 0.223 e. The standard InChI is InChI=1S/C20H27ClN2O/c21-16-5-3-15(4-6-16)20(7-1-2-8-20)14-23-18(24)17-13-19(17)9-11-22-12-10-19/h3-6,17,22H,1-2,7-14H2,(H,23,24). The summed E-state index contributed by atoms with van der Waals surface area (Å²) in [4.78, 5) is 12.7. The highest BCUT2D eigenvalue weighted by Gasteiger charge is 2.57. The fourth-order valence-electron chi connectivity index (χ4n) is 5.00. The number of hydrogen-bond acceptors (Lipinski definition) is 2. The van der Waals surface area contributed by atoms with Crippen LogP contribution in [-0.2, 0) is 10.2 Å². The molecule has 1 aromatic rings. The first-order valence-electron chi connectivity index (χ1n) is 9.38. The van der Waals surface area contributed by atoms with Gasteiger partial charge in [-0.1, -0.05) is 36.6 Å². The van der Waals surface area contributed by atoms with Crippen LogP contribution in [0.15, 0.2) is 24.3 Å². The number of amides is 1. The van der Waals surface area contributed by atoms with E-state index in [1.54, 1.807) is 0 Å². The van der Waals surface area contributed by atoms with E-state index in [2.05, 4.69) is 22.8 Å². The van der Waals surface area contributed by atoms with Gasteiger partial charge in [0.1, 0.15) is 0 Å². The Morgan fingerprint density at radius 2 is 1.79 bits per heavy atom. The van der Waals surface area contributed by atoms with Crippen molar-refractivity contribution in [2.75, 3.05) is 19.6 Å². The molecule has 1 saturated heterocycles. The molecule has 2 aliphatic carbocycles. The average Bonchev–Trinajstić information content (AvgIpc) is 3.07. The van der Waals surface area contributed by atoms with E-state index < -0.39 is 0 Å². The van der Waals surface area contributed by atoms with E-state index in [1.807, 2.05) is 12.1 Å². The molecule has 3 nitrogen and oxygen atoms in total. The summed E-state index contributed by atoms with van der Waals surface area (Å²) in [6.07, 6.45) is 8.23. The molecule has 0 aromatic heterocycles. The summed E-state index contributed by atoms with van der Waals surface area (Å²) in [5, 5.41) is 7.51. The third-order valence-electron chi connectivity index (χ3n) is 6.72. The number of benzene rings is 1. The molecule has 0 bridgehead atoms. The van der Waals surface area contributed by atoms with E-state index in [1.165, 1.54) is 18.4 Å². The van der Waals surface area contributed by atoms with Crippen LogP contribution in [0.5, 0.6) is 0 Å². The highest BCUT2D eigenvalue weighted by atomic mass is 35.5. The van der Waals surface area contributed by atoms with E-state index >= 15 is 0 Å². The molecule has 0 radical (unpaired) electrons. The van der Waals surface area contributed by atoms with Gasteiger partial charge in [0.25, 0.3) is 0 Å². The van der Waals surface area contributed by atoms with Crippen LogP contribution in [0.4, 0.5) is 0 Å². The number of carbonyl (C=O) groups excluding carboxylic acids is 1. The Morgan fingerprint density at radius 3 is 2.46 bits per heavy atom. The van der Waals surface area contributed by atoms with Crippen LogP contribution in [0.1, 0.15) is 50.5 Å². The predicted molar refractivity (Wildman–Crippen MR) is 97.3 cm³/mol. The van der Waals surface area contributed by atoms with Crippen molar-refractivity contribution in [2.24, 2.45) is 11.3 Å². The molecule has 4 rings (SSSR count). The Labute approximate surface area is 149 Å². The van der Waals surface area contributed by atoms with E-state index in [0.717, 1.165) is 56.8 Å². The monoisotopic (exact) mass is 346 g/mol. The van der Waals surface area contributed by atoms with Crippen LogP contribution in [0, 0.1) is 11.3 Å². The van der Waals surface area contributed by atoms with E-state index in [-0.39, 0.29) is 17.2 Å². The molecule has 1 amide bonds. The van der Waals surface area contributed by atoms with Crippen LogP contribution in [0.3, 0.4) is 0 Å². The van der Waals surface area contributed by atoms with Crippen molar-refractivity contribution in [2.45, 2.75) is 50.4 Å². The minimum atomic E-state index is 0.108. The van der Waals surface area contributed by atoms with Gasteiger partial charge in [0.2, 0.25) is 5.91 Å². The molecule has 1 spiro atoms. The molecule has 2 saturated carbocycles. The normalized spacial score (nSPS) is 27.1. The van der Waals surface area contributed by atoms with Crippen LogP contribution in [0.2, 0.25) is 5.02 Å². The summed E-state index contributed by atoms with van der Waals surface area (Å²) in [7, 11) is 0. The minimum Gasteiger partial charge on any atom is -0.355 e. The quantitative estimate of drug-likeness (QED) is 0.873. The first-order valence-corrected chi connectivity index (χ1v) is 9.76. The average molecular weight is 347 g/mol. The predicted octanol–water partition coefficient (Wildman–Crippen LogP) is 3.66. The van der Waals surface area contributed by atoms with Crippen LogP contribution in [-0.4, -0.2) is 25.5 Å². The first kappa shape index (κ1) is 16.4. The fraction of sp³-hybridized carbons (Fsp3) is 0.650. The molecule has 1 unspecified atom stereocenters. The van der Waals surface area contributed by atoms with Gasteiger partial charge in [-0.05, 0) is 68.3 Å². The number of hydrogen-bond donors (Lipinski definition) is 2. The topological polar surface area (TPSA) is 41.1 Å². The van der Waals surface area contributed by atoms with Gasteiger partial charge in [0.05, 0.1) is 0 Å². The first-order chi connectivity index (χ1) is 11.6. The Hall–Kier alpha value is -1.06. The second kappa shape index (κ2) is 6.34. The molecule has 24 heavy (non-hydrogen) atoms. The third-order valence-corrected chi connectivity index (χ3v) is 6.98. The minimum absolute atomic E-state index is 0.108. The van der Waals surface area contributed by atoms with Crippen molar-refractivity contribution < 1.29 is 4.79 Å². The van der Waals surface area contributed by atoms with Gasteiger partial charge >= 0.3 is 0 Å². The van der Waals surface area contributed by atoms with Gasteiger partial charge in [-0.2, -0.15) is 0 Å². The summed E-state index contributed by atoms with van der Waals surface area (Å²) >= 11 is 6.05. The summed E-state index contributed by atoms with van der Waals surface area (Å²) in [6.45, 7) is 2.91. The Balaban J connectivity index is 1.41. The van der Waals surface area contributed by atoms with Crippen LogP contribution < -0.4 is 10.6 Å². The largest absolute Gasteiger partial charge is 0.355 e. The molecule has 1 aliphatic heterocycles. The molecule has 3 fully saturated rings. The Kier molecular flexibility index (Phi) is 4.34. The van der Waals surface area contributed by atoms with E-state index in [9.17, 15) is 4.79 Å². The lowest BCUT2D eigenvalue weighted by molar-refractivity contribution is -0.123. The molecule has 1 heterocycles. The highest BCUT2D eigenvalue weighted by Crippen LogP contribution is 2.58. The second-order valence-electron chi connectivity index (χ2n) is 8.08. The van der Waals surface area contributed by atoms with Gasteiger partial charge in [-0.15, -0.1) is 0 Å². The molecular formula is C20H27ClN2O. The molecular weight excluding hydrogens is 320 g/mol. The van der Waals surface area contributed by atoms with Crippen molar-refractivity contribution in [1.82, 2.24) is 10.6 Å². The summed E-state index contributed by atoms with van der Waals surface area (Å²) in [6, 6.07) is 8.24. The number of piperidine rings is 1. The SMILES string of the molecule is O=C(NCC1(c2ccc(Cl)cc2)CCCC1)C1CC12CCNCC2. The zero-order valence-electron chi connectivity index (χ0n) is 14.2. The lowest BCUT2D eigenvalue weighted by atomic mass is 9.78. The van der Waals surface area contributed by atoms with Gasteiger partial charge in [-0.25, -0.2) is 0 Å². The lowest BCUT2D eigenvalue weighted by Gasteiger charge is -2.30. The summed E-state index contributed by atoms with van der Waals surface area (Å²) in [5.41, 5.74) is 1.76. The second-order valence-corrected chi connectivity index (χ2v) is 8.52. The number of nitrogens with one attached hydrogen (secondary N) is 2. The van der Waals surface area contributed by atoms with Gasteiger partial charge in [0.15, 0.2) is 0 Å². The number of carbonyl (C=O) groups is 1. The molecule has 4 heteroatoms. The molecule has 1 atom stereocenters. The molecule has 3 aliphatic rings. The maximum atomic E-state index is 12.7. The molecule has 130 valence electrons. The Morgan fingerprint density at radius 1 is 1.12 bits per heavy atom. The number of rotatable bonds is 4. The van der Waals surface area contributed by atoms with Gasteiger partial charge in [-0.3, -0.25) is 4.79 Å². The van der Waals surface area contributed by atoms with Crippen molar-refractivity contribution in [3.63, 3.8) is 0 Å². The van der Waals surface area contributed by atoms with E-state index in [4.69, 9.17) is 11.6 Å². The van der Waals surface area contributed by atoms with Crippen molar-refractivity contribution in [1.29, 1.82) is 0 Å². The van der Waals surface area contributed by atoms with Crippen molar-refractivity contribution in [3.8, 4) is 0 Å². The smallest absolute Gasteiger partial charge is 0.223 e. The highest BCUT2D eigenvalue weighted by molar-refractivity contribution is 6.30. The van der Waals surface area contributed by atoms with Gasteiger partial charge in [0, 0.05) is 22.9 Å². The third kappa shape index (κ3) is 2.97. The van der Waals surface area contributed by atoms with Crippen LogP contribution in [0.25, 0.3) is 0 Å². The number of halogens is 1. The van der Waals surface area contributed by atoms with Gasteiger partial charge < -0.3 is 10.6 Å².